The number of thiophene rings is 1. The molecule has 0 aliphatic heterocycles. The number of rotatable bonds is 3. The van der Waals surface area contributed by atoms with E-state index in [1.54, 1.807) is 11.3 Å². The van der Waals surface area contributed by atoms with Gasteiger partial charge in [0.25, 0.3) is 0 Å². The van der Waals surface area contributed by atoms with E-state index >= 15 is 0 Å². The van der Waals surface area contributed by atoms with Gasteiger partial charge in [0, 0.05) is 23.4 Å². The Morgan fingerprint density at radius 1 is 1.05 bits per heavy atom. The second-order valence-corrected chi connectivity index (χ2v) is 5.27. The standard InChI is InChI=1S/C15H10F3NS/c16-10-5-12(17)15(18)13(6-10)19-7-9-8-20-14-4-2-1-3-11(9)14/h1-6,8,19H,7H2. The van der Waals surface area contributed by atoms with Crippen LogP contribution in [0.2, 0.25) is 0 Å². The first-order valence-electron chi connectivity index (χ1n) is 5.98. The van der Waals surface area contributed by atoms with Crippen molar-refractivity contribution in [3.05, 3.63) is 64.8 Å². The first-order valence-corrected chi connectivity index (χ1v) is 6.86. The Labute approximate surface area is 117 Å². The third-order valence-electron chi connectivity index (χ3n) is 3.02. The van der Waals surface area contributed by atoms with Crippen LogP contribution >= 0.6 is 11.3 Å². The van der Waals surface area contributed by atoms with Crippen molar-refractivity contribution in [3.8, 4) is 0 Å². The van der Waals surface area contributed by atoms with E-state index in [2.05, 4.69) is 5.32 Å². The third kappa shape index (κ3) is 2.36. The fourth-order valence-corrected chi connectivity index (χ4v) is 3.01. The minimum atomic E-state index is -1.19. The van der Waals surface area contributed by atoms with Crippen LogP contribution in [0.5, 0.6) is 0 Å². The van der Waals surface area contributed by atoms with Crippen molar-refractivity contribution in [1.29, 1.82) is 0 Å². The molecular formula is C15H10F3NS. The summed E-state index contributed by atoms with van der Waals surface area (Å²) < 4.78 is 40.8. The van der Waals surface area contributed by atoms with E-state index in [1.165, 1.54) is 0 Å². The number of hydrogen-bond acceptors (Lipinski definition) is 2. The quantitative estimate of drug-likeness (QED) is 0.675. The second kappa shape index (κ2) is 5.17. The molecule has 0 unspecified atom stereocenters. The van der Waals surface area contributed by atoms with E-state index in [-0.39, 0.29) is 5.69 Å². The molecule has 3 aromatic rings. The average Bonchev–Trinajstić information content (AvgIpc) is 2.84. The minimum Gasteiger partial charge on any atom is -0.378 e. The van der Waals surface area contributed by atoms with Crippen LogP contribution in [0.4, 0.5) is 18.9 Å². The molecule has 0 aliphatic rings. The van der Waals surface area contributed by atoms with Crippen molar-refractivity contribution >= 4 is 27.1 Å². The van der Waals surface area contributed by atoms with E-state index in [1.807, 2.05) is 29.6 Å². The highest BCUT2D eigenvalue weighted by Crippen LogP contribution is 2.27. The smallest absolute Gasteiger partial charge is 0.182 e. The largest absolute Gasteiger partial charge is 0.378 e. The number of anilines is 1. The molecule has 1 heterocycles. The van der Waals surface area contributed by atoms with Crippen molar-refractivity contribution in [2.75, 3.05) is 5.32 Å². The molecule has 1 N–H and O–H groups in total. The van der Waals surface area contributed by atoms with Gasteiger partial charge in [-0.15, -0.1) is 11.3 Å². The summed E-state index contributed by atoms with van der Waals surface area (Å²) in [5.41, 5.74) is 0.799. The van der Waals surface area contributed by atoms with Crippen LogP contribution in [0.3, 0.4) is 0 Å². The molecule has 0 atom stereocenters. The molecule has 2 aromatic carbocycles. The van der Waals surface area contributed by atoms with Gasteiger partial charge in [-0.3, -0.25) is 0 Å². The SMILES string of the molecule is Fc1cc(F)c(F)c(NCc2csc3ccccc23)c1. The highest BCUT2D eigenvalue weighted by molar-refractivity contribution is 7.17. The van der Waals surface area contributed by atoms with E-state index in [0.717, 1.165) is 21.7 Å². The Bertz CT molecular complexity index is 767. The molecule has 1 nitrogen and oxygen atoms in total. The monoisotopic (exact) mass is 293 g/mol. The van der Waals surface area contributed by atoms with Gasteiger partial charge in [-0.25, -0.2) is 13.2 Å². The Morgan fingerprint density at radius 3 is 2.70 bits per heavy atom. The molecule has 0 saturated heterocycles. The summed E-state index contributed by atoms with van der Waals surface area (Å²) in [6, 6.07) is 9.30. The van der Waals surface area contributed by atoms with Gasteiger partial charge in [-0.1, -0.05) is 18.2 Å². The fourth-order valence-electron chi connectivity index (χ4n) is 2.04. The topological polar surface area (TPSA) is 12.0 Å². The summed E-state index contributed by atoms with van der Waals surface area (Å²) in [4.78, 5) is 0. The van der Waals surface area contributed by atoms with Crippen LogP contribution in [0, 0.1) is 17.5 Å². The van der Waals surface area contributed by atoms with Gasteiger partial charge in [0.1, 0.15) is 5.82 Å². The lowest BCUT2D eigenvalue weighted by Crippen LogP contribution is -2.03. The highest BCUT2D eigenvalue weighted by Gasteiger charge is 2.11. The molecule has 0 radical (unpaired) electrons. The lowest BCUT2D eigenvalue weighted by atomic mass is 10.2. The minimum absolute atomic E-state index is 0.169. The predicted molar refractivity (Wildman–Crippen MR) is 75.5 cm³/mol. The molecule has 20 heavy (non-hydrogen) atoms. The van der Waals surface area contributed by atoms with Crippen LogP contribution in [-0.4, -0.2) is 0 Å². The molecule has 0 aliphatic carbocycles. The van der Waals surface area contributed by atoms with Gasteiger partial charge in [0.15, 0.2) is 11.6 Å². The van der Waals surface area contributed by atoms with Crippen molar-refractivity contribution in [2.45, 2.75) is 6.54 Å². The maximum atomic E-state index is 13.5. The normalized spacial score (nSPS) is 10.9. The molecule has 1 aromatic heterocycles. The Kier molecular flexibility index (Phi) is 3.36. The summed E-state index contributed by atoms with van der Waals surface area (Å²) in [7, 11) is 0. The number of halogens is 3. The zero-order valence-electron chi connectivity index (χ0n) is 10.3. The van der Waals surface area contributed by atoms with E-state index in [0.29, 0.717) is 12.6 Å². The van der Waals surface area contributed by atoms with Crippen molar-refractivity contribution in [2.24, 2.45) is 0 Å². The van der Waals surface area contributed by atoms with Crippen molar-refractivity contribution in [3.63, 3.8) is 0 Å². The summed E-state index contributed by atoms with van der Waals surface area (Å²) in [5, 5.41) is 5.75. The van der Waals surface area contributed by atoms with Crippen LogP contribution in [0.15, 0.2) is 41.8 Å². The van der Waals surface area contributed by atoms with E-state index < -0.39 is 17.5 Å². The van der Waals surface area contributed by atoms with Crippen molar-refractivity contribution < 1.29 is 13.2 Å². The second-order valence-electron chi connectivity index (χ2n) is 4.36. The van der Waals surface area contributed by atoms with Crippen LogP contribution in [0.25, 0.3) is 10.1 Å². The molecule has 0 saturated carbocycles. The van der Waals surface area contributed by atoms with Gasteiger partial charge in [0.2, 0.25) is 0 Å². The van der Waals surface area contributed by atoms with Crippen molar-refractivity contribution in [1.82, 2.24) is 0 Å². The number of benzene rings is 2. The van der Waals surface area contributed by atoms with Crippen LogP contribution in [0.1, 0.15) is 5.56 Å². The zero-order valence-corrected chi connectivity index (χ0v) is 11.1. The summed E-state index contributed by atoms with van der Waals surface area (Å²) in [6.07, 6.45) is 0. The number of fused-ring (bicyclic) bond motifs is 1. The van der Waals surface area contributed by atoms with Crippen LogP contribution < -0.4 is 5.32 Å². The van der Waals surface area contributed by atoms with Gasteiger partial charge in [0.05, 0.1) is 5.69 Å². The molecule has 0 amide bonds. The predicted octanol–water partition coefficient (Wildman–Crippen LogP) is 4.93. The first-order chi connectivity index (χ1) is 9.65. The van der Waals surface area contributed by atoms with E-state index in [4.69, 9.17) is 0 Å². The van der Waals surface area contributed by atoms with Crippen LogP contribution in [-0.2, 0) is 6.54 Å². The Hall–Kier alpha value is -2.01. The molecule has 5 heteroatoms. The number of nitrogens with one attached hydrogen (secondary N) is 1. The molecule has 0 spiro atoms. The fraction of sp³-hybridized carbons (Fsp3) is 0.0667. The Balaban J connectivity index is 1.87. The van der Waals surface area contributed by atoms with E-state index in [9.17, 15) is 13.2 Å². The average molecular weight is 293 g/mol. The van der Waals surface area contributed by atoms with Gasteiger partial charge >= 0.3 is 0 Å². The zero-order chi connectivity index (χ0) is 14.1. The summed E-state index contributed by atoms with van der Waals surface area (Å²) in [6.45, 7) is 0.309. The summed E-state index contributed by atoms with van der Waals surface area (Å²) in [5.74, 6) is -3.06. The lowest BCUT2D eigenvalue weighted by Gasteiger charge is -2.08. The van der Waals surface area contributed by atoms with Gasteiger partial charge < -0.3 is 5.32 Å². The first kappa shape index (κ1) is 13.0. The highest BCUT2D eigenvalue weighted by atomic mass is 32.1. The maximum Gasteiger partial charge on any atom is 0.182 e. The van der Waals surface area contributed by atoms with Gasteiger partial charge in [-0.05, 0) is 22.4 Å². The lowest BCUT2D eigenvalue weighted by molar-refractivity contribution is 0.497. The molecule has 3 rings (SSSR count). The molecule has 0 bridgehead atoms. The number of hydrogen-bond donors (Lipinski definition) is 1. The molecular weight excluding hydrogens is 283 g/mol. The third-order valence-corrected chi connectivity index (χ3v) is 4.04. The Morgan fingerprint density at radius 2 is 1.85 bits per heavy atom. The summed E-state index contributed by atoms with van der Waals surface area (Å²) >= 11 is 1.58. The maximum absolute atomic E-state index is 13.5. The molecule has 102 valence electrons. The molecule has 0 fully saturated rings. The van der Waals surface area contributed by atoms with Gasteiger partial charge in [-0.2, -0.15) is 0 Å².